The van der Waals surface area contributed by atoms with E-state index >= 15 is 0 Å². The summed E-state index contributed by atoms with van der Waals surface area (Å²) in [7, 11) is -9.92. The van der Waals surface area contributed by atoms with E-state index in [4.69, 9.17) is 37.0 Å². The van der Waals surface area contributed by atoms with E-state index in [9.17, 15) is 43.2 Å². The van der Waals surface area contributed by atoms with Crippen LogP contribution in [-0.4, -0.2) is 96.7 Å². The minimum absolute atomic E-state index is 0.105. The molecule has 99 heavy (non-hydrogen) atoms. The van der Waals surface area contributed by atoms with Gasteiger partial charge in [0, 0.05) is 25.7 Å². The first-order valence-electron chi connectivity index (χ1n) is 41.3. The van der Waals surface area contributed by atoms with Crippen LogP contribution in [0.25, 0.3) is 0 Å². The molecule has 0 amide bonds. The van der Waals surface area contributed by atoms with Gasteiger partial charge in [0.15, 0.2) is 12.2 Å². The highest BCUT2D eigenvalue weighted by molar-refractivity contribution is 7.47. The average molecular weight is 1450 g/mol. The van der Waals surface area contributed by atoms with Gasteiger partial charge in [0.2, 0.25) is 0 Å². The Labute approximate surface area is 607 Å². The van der Waals surface area contributed by atoms with Gasteiger partial charge in [0.25, 0.3) is 0 Å². The predicted octanol–water partition coefficient (Wildman–Crippen LogP) is 23.6. The van der Waals surface area contributed by atoms with Gasteiger partial charge in [-0.1, -0.05) is 357 Å². The van der Waals surface area contributed by atoms with Crippen molar-refractivity contribution in [1.82, 2.24) is 0 Å². The van der Waals surface area contributed by atoms with Gasteiger partial charge in [0.05, 0.1) is 26.4 Å². The highest BCUT2D eigenvalue weighted by Crippen LogP contribution is 2.45. The van der Waals surface area contributed by atoms with Crippen molar-refractivity contribution in [2.45, 2.75) is 427 Å². The molecular formula is C80H156O17P2. The Morgan fingerprint density at radius 2 is 0.485 bits per heavy atom. The van der Waals surface area contributed by atoms with E-state index in [0.29, 0.717) is 25.7 Å². The number of aliphatic hydroxyl groups excluding tert-OH is 1. The minimum Gasteiger partial charge on any atom is -0.462 e. The second kappa shape index (κ2) is 69.1. The maximum absolute atomic E-state index is 13.1. The van der Waals surface area contributed by atoms with Crippen LogP contribution in [0.2, 0.25) is 0 Å². The number of ether oxygens (including phenoxy) is 4. The first-order valence-corrected chi connectivity index (χ1v) is 44.3. The number of hydrogen-bond acceptors (Lipinski definition) is 15. The summed E-state index contributed by atoms with van der Waals surface area (Å²) in [5, 5.41) is 10.6. The number of esters is 4. The highest BCUT2D eigenvalue weighted by Gasteiger charge is 2.30. The van der Waals surface area contributed by atoms with Crippen molar-refractivity contribution in [3.63, 3.8) is 0 Å². The molecule has 0 saturated heterocycles. The van der Waals surface area contributed by atoms with E-state index in [0.717, 1.165) is 120 Å². The molecule has 0 aromatic carbocycles. The summed E-state index contributed by atoms with van der Waals surface area (Å²) in [6.07, 6.45) is 55.6. The SMILES string of the molecule is CCC(C)CCCCCCCCCCC(=O)O[C@H](COC(=O)CCCCCCCCCCCCCCCCCCCCC(C)C)COP(=O)(O)OC[C@@H](O)COP(=O)(O)OC[C@@H](COC(=O)CCCCCCCCC(C)CC)OC(=O)CCCCCCCCCCCCCCCC(C)C. The van der Waals surface area contributed by atoms with E-state index in [-0.39, 0.29) is 25.7 Å². The third-order valence-corrected chi connectivity index (χ3v) is 21.2. The van der Waals surface area contributed by atoms with Crippen LogP contribution in [-0.2, 0) is 65.4 Å². The van der Waals surface area contributed by atoms with E-state index in [1.165, 1.54) is 205 Å². The van der Waals surface area contributed by atoms with Crippen LogP contribution < -0.4 is 0 Å². The van der Waals surface area contributed by atoms with Crippen LogP contribution in [0.15, 0.2) is 0 Å². The molecule has 0 aromatic rings. The normalized spacial score (nSPS) is 14.6. The Hall–Kier alpha value is -1.94. The first kappa shape index (κ1) is 97.1. The lowest BCUT2D eigenvalue weighted by molar-refractivity contribution is -0.161. The van der Waals surface area contributed by atoms with Gasteiger partial charge < -0.3 is 33.8 Å². The Balaban J connectivity index is 5.19. The van der Waals surface area contributed by atoms with E-state index in [1.807, 2.05) is 0 Å². The van der Waals surface area contributed by atoms with Crippen LogP contribution in [0, 0.1) is 23.7 Å². The van der Waals surface area contributed by atoms with E-state index < -0.39 is 97.5 Å². The number of aliphatic hydroxyl groups is 1. The number of carbonyl (C=O) groups excluding carboxylic acids is 4. The highest BCUT2D eigenvalue weighted by atomic mass is 31.2. The molecule has 7 atom stereocenters. The molecule has 0 saturated carbocycles. The fourth-order valence-electron chi connectivity index (χ4n) is 12.2. The van der Waals surface area contributed by atoms with Crippen molar-refractivity contribution in [1.29, 1.82) is 0 Å². The van der Waals surface area contributed by atoms with Crippen molar-refractivity contribution in [3.05, 3.63) is 0 Å². The largest absolute Gasteiger partial charge is 0.472 e. The van der Waals surface area contributed by atoms with Gasteiger partial charge in [-0.3, -0.25) is 37.3 Å². The molecule has 0 rings (SSSR count). The molecule has 0 aromatic heterocycles. The topological polar surface area (TPSA) is 237 Å². The van der Waals surface area contributed by atoms with Crippen LogP contribution >= 0.6 is 15.6 Å². The number of phosphoric acid groups is 2. The molecule has 17 nitrogen and oxygen atoms in total. The summed E-state index contributed by atoms with van der Waals surface area (Å²) in [4.78, 5) is 72.9. The van der Waals surface area contributed by atoms with Gasteiger partial charge in [0.1, 0.15) is 19.3 Å². The lowest BCUT2D eigenvalue weighted by Gasteiger charge is -2.21. The van der Waals surface area contributed by atoms with Gasteiger partial charge in [-0.05, 0) is 49.4 Å². The van der Waals surface area contributed by atoms with Crippen LogP contribution in [0.1, 0.15) is 409 Å². The summed E-state index contributed by atoms with van der Waals surface area (Å²) >= 11 is 0. The fourth-order valence-corrected chi connectivity index (χ4v) is 13.8. The second-order valence-corrected chi connectivity index (χ2v) is 33.1. The van der Waals surface area contributed by atoms with Crippen molar-refractivity contribution in [2.75, 3.05) is 39.6 Å². The minimum atomic E-state index is -4.96. The molecule has 0 bridgehead atoms. The van der Waals surface area contributed by atoms with Gasteiger partial charge in [-0.25, -0.2) is 9.13 Å². The van der Waals surface area contributed by atoms with Crippen molar-refractivity contribution in [2.24, 2.45) is 23.7 Å². The zero-order valence-corrected chi connectivity index (χ0v) is 66.9. The van der Waals surface area contributed by atoms with Crippen LogP contribution in [0.4, 0.5) is 0 Å². The number of carbonyl (C=O) groups is 4. The molecule has 0 aliphatic carbocycles. The summed E-state index contributed by atoms with van der Waals surface area (Å²) in [5.41, 5.74) is 0. The number of hydrogen-bond donors (Lipinski definition) is 3. The lowest BCUT2D eigenvalue weighted by atomic mass is 9.99. The zero-order chi connectivity index (χ0) is 73.1. The third kappa shape index (κ3) is 71.5. The quantitative estimate of drug-likeness (QED) is 0.0222. The zero-order valence-electron chi connectivity index (χ0n) is 65.1. The average Bonchev–Trinajstić information content (AvgIpc) is 1.27. The number of rotatable bonds is 77. The smallest absolute Gasteiger partial charge is 0.462 e. The van der Waals surface area contributed by atoms with Gasteiger partial charge in [-0.15, -0.1) is 0 Å². The molecule has 0 heterocycles. The van der Waals surface area contributed by atoms with Gasteiger partial charge >= 0.3 is 39.5 Å². The standard InChI is InChI=1S/C80H156O17P2/c1-9-72(7)58-50-42-34-30-31-37-47-55-63-80(85)97-75(66-90-77(82)60-52-44-35-28-24-20-16-14-12-11-13-15-18-22-26-32-40-48-56-70(3)4)68-94-98(86,87)92-64-74(81)65-93-99(88,89)95-69-76(67-91-78(83)61-53-45-39-38-43-51-59-73(8)10-2)96-79(84)62-54-46-36-29-25-21-17-19-23-27-33-41-49-57-71(5)6/h70-76,81H,9-69H2,1-8H3,(H,86,87)(H,88,89)/t72?,73?,74-,75-,76-/m1/s1. The van der Waals surface area contributed by atoms with Crippen LogP contribution in [0.3, 0.4) is 0 Å². The van der Waals surface area contributed by atoms with Crippen molar-refractivity contribution >= 4 is 39.5 Å². The Kier molecular flexibility index (Phi) is 67.8. The Morgan fingerprint density at radius 1 is 0.283 bits per heavy atom. The molecule has 19 heteroatoms. The molecule has 3 N–H and O–H groups in total. The summed E-state index contributed by atoms with van der Waals surface area (Å²) in [6, 6.07) is 0. The van der Waals surface area contributed by atoms with E-state index in [1.54, 1.807) is 0 Å². The maximum atomic E-state index is 13.1. The third-order valence-electron chi connectivity index (χ3n) is 19.3. The molecular weight excluding hydrogens is 1290 g/mol. The molecule has 4 unspecified atom stereocenters. The van der Waals surface area contributed by atoms with Crippen LogP contribution in [0.5, 0.6) is 0 Å². The second-order valence-electron chi connectivity index (χ2n) is 30.2. The Morgan fingerprint density at radius 3 is 0.717 bits per heavy atom. The predicted molar refractivity (Wildman–Crippen MR) is 404 cm³/mol. The summed E-state index contributed by atoms with van der Waals surface area (Å²) < 4.78 is 68.6. The molecule has 0 fully saturated rings. The first-order chi connectivity index (χ1) is 47.7. The summed E-state index contributed by atoms with van der Waals surface area (Å²) in [5.74, 6) is 0.991. The molecule has 0 aliphatic heterocycles. The molecule has 588 valence electrons. The summed E-state index contributed by atoms with van der Waals surface area (Å²) in [6.45, 7) is 14.2. The lowest BCUT2D eigenvalue weighted by Crippen LogP contribution is -2.30. The molecule has 0 spiro atoms. The maximum Gasteiger partial charge on any atom is 0.472 e. The molecule has 0 aliphatic rings. The molecule has 0 radical (unpaired) electrons. The van der Waals surface area contributed by atoms with Gasteiger partial charge in [-0.2, -0.15) is 0 Å². The fraction of sp³-hybridized carbons (Fsp3) is 0.950. The Bertz CT molecular complexity index is 1940. The monoisotopic (exact) mass is 1450 g/mol. The van der Waals surface area contributed by atoms with E-state index in [2.05, 4.69) is 55.4 Å². The number of unbranched alkanes of at least 4 members (excludes halogenated alkanes) is 41. The van der Waals surface area contributed by atoms with Crippen molar-refractivity contribution < 1.29 is 80.2 Å². The van der Waals surface area contributed by atoms with Crippen molar-refractivity contribution in [3.8, 4) is 0 Å². The number of phosphoric ester groups is 2.